The highest BCUT2D eigenvalue weighted by atomic mass is 15.2. The van der Waals surface area contributed by atoms with E-state index >= 15 is 0 Å². The Morgan fingerprint density at radius 2 is 1.92 bits per heavy atom. The van der Waals surface area contributed by atoms with Crippen LogP contribution in [0.3, 0.4) is 0 Å². The van der Waals surface area contributed by atoms with Crippen LogP contribution in [0.1, 0.15) is 39.0 Å². The van der Waals surface area contributed by atoms with E-state index in [9.17, 15) is 0 Å². The van der Waals surface area contributed by atoms with Crippen molar-refractivity contribution in [2.45, 2.75) is 45.1 Å². The number of hydrogen-bond donors (Lipinski definition) is 0. The maximum Gasteiger partial charge on any atom is 0.00978 e. The Kier molecular flexibility index (Phi) is 2.69. The molecule has 12 heavy (non-hydrogen) atoms. The fraction of sp³-hybridized carbons (Fsp3) is 0.909. The van der Waals surface area contributed by atoms with Gasteiger partial charge in [0, 0.05) is 6.04 Å². The third kappa shape index (κ3) is 1.82. The second-order valence-electron chi connectivity index (χ2n) is 4.47. The molecule has 1 aliphatic carbocycles. The Morgan fingerprint density at radius 3 is 2.50 bits per heavy atom. The molecule has 69 valence electrons. The maximum atomic E-state index is 2.71. The van der Waals surface area contributed by atoms with Crippen LogP contribution in [0.5, 0.6) is 0 Å². The summed E-state index contributed by atoms with van der Waals surface area (Å²) in [5.74, 6) is 0.987. The summed E-state index contributed by atoms with van der Waals surface area (Å²) in [6.45, 7) is 5.06. The molecular formula is C11H20N. The van der Waals surface area contributed by atoms with Gasteiger partial charge in [0.25, 0.3) is 0 Å². The summed E-state index contributed by atoms with van der Waals surface area (Å²) in [5, 5.41) is 0. The molecule has 1 radical (unpaired) electrons. The molecule has 1 heterocycles. The van der Waals surface area contributed by atoms with Crippen LogP contribution >= 0.6 is 0 Å². The average Bonchev–Trinajstić information content (AvgIpc) is 2.54. The van der Waals surface area contributed by atoms with E-state index in [1.807, 2.05) is 0 Å². The van der Waals surface area contributed by atoms with E-state index in [0.29, 0.717) is 0 Å². The Hall–Kier alpha value is -0.0400. The Balaban J connectivity index is 1.83. The molecule has 0 aromatic carbocycles. The molecule has 1 saturated heterocycles. The number of likely N-dealkylation sites (tertiary alicyclic amines) is 1. The summed E-state index contributed by atoms with van der Waals surface area (Å²) >= 11 is 0. The number of nitrogens with zero attached hydrogens (tertiary/aromatic N) is 1. The van der Waals surface area contributed by atoms with Crippen LogP contribution in [-0.4, -0.2) is 24.0 Å². The normalized spacial score (nSPS) is 38.8. The van der Waals surface area contributed by atoms with Gasteiger partial charge in [0.1, 0.15) is 0 Å². The quantitative estimate of drug-likeness (QED) is 0.578. The number of piperidine rings is 1. The van der Waals surface area contributed by atoms with Crippen molar-refractivity contribution in [2.75, 3.05) is 13.1 Å². The van der Waals surface area contributed by atoms with Crippen molar-refractivity contribution in [1.29, 1.82) is 0 Å². The monoisotopic (exact) mass is 166 g/mol. The van der Waals surface area contributed by atoms with Crippen LogP contribution < -0.4 is 0 Å². The van der Waals surface area contributed by atoms with Gasteiger partial charge >= 0.3 is 0 Å². The van der Waals surface area contributed by atoms with E-state index in [-0.39, 0.29) is 0 Å². The number of hydrogen-bond acceptors (Lipinski definition) is 1. The average molecular weight is 166 g/mol. The third-order valence-electron chi connectivity index (χ3n) is 3.42. The summed E-state index contributed by atoms with van der Waals surface area (Å²) in [7, 11) is 0. The SMILES string of the molecule is CC1CCC(N2CC[CH]CC2)C1. The van der Waals surface area contributed by atoms with Crippen LogP contribution in [-0.2, 0) is 0 Å². The molecule has 0 bridgehead atoms. The molecule has 2 aliphatic rings. The molecule has 2 atom stereocenters. The van der Waals surface area contributed by atoms with E-state index in [1.165, 1.54) is 45.2 Å². The fourth-order valence-corrected chi connectivity index (χ4v) is 2.64. The van der Waals surface area contributed by atoms with Gasteiger partial charge in [0.05, 0.1) is 0 Å². The van der Waals surface area contributed by atoms with Crippen molar-refractivity contribution in [1.82, 2.24) is 4.90 Å². The van der Waals surface area contributed by atoms with Gasteiger partial charge in [-0.3, -0.25) is 0 Å². The minimum absolute atomic E-state index is 0.939. The molecule has 2 fully saturated rings. The van der Waals surface area contributed by atoms with Gasteiger partial charge in [-0.1, -0.05) is 6.92 Å². The molecule has 0 aromatic rings. The van der Waals surface area contributed by atoms with Gasteiger partial charge < -0.3 is 4.90 Å². The first kappa shape index (κ1) is 8.55. The summed E-state index contributed by atoms with van der Waals surface area (Å²) in [5.41, 5.74) is 0. The predicted molar refractivity (Wildman–Crippen MR) is 51.9 cm³/mol. The van der Waals surface area contributed by atoms with Crippen molar-refractivity contribution in [3.05, 3.63) is 6.42 Å². The number of rotatable bonds is 1. The van der Waals surface area contributed by atoms with E-state index in [4.69, 9.17) is 0 Å². The zero-order chi connectivity index (χ0) is 8.39. The smallest absolute Gasteiger partial charge is 0.00978 e. The molecular weight excluding hydrogens is 146 g/mol. The minimum atomic E-state index is 0.939. The molecule has 1 nitrogen and oxygen atoms in total. The van der Waals surface area contributed by atoms with Gasteiger partial charge in [0.15, 0.2) is 0 Å². The minimum Gasteiger partial charge on any atom is -0.300 e. The Labute approximate surface area is 76.1 Å². The molecule has 0 spiro atoms. The summed E-state index contributed by atoms with van der Waals surface area (Å²) < 4.78 is 0. The van der Waals surface area contributed by atoms with Gasteiger partial charge in [-0.25, -0.2) is 0 Å². The van der Waals surface area contributed by atoms with E-state index in [1.54, 1.807) is 0 Å². The standard InChI is InChI=1S/C11H20N/c1-10-5-6-11(9-10)12-7-3-2-4-8-12/h2,10-11H,3-9H2,1H3. The van der Waals surface area contributed by atoms with Gasteiger partial charge in [0.2, 0.25) is 0 Å². The van der Waals surface area contributed by atoms with E-state index in [0.717, 1.165) is 12.0 Å². The zero-order valence-electron chi connectivity index (χ0n) is 8.13. The second-order valence-corrected chi connectivity index (χ2v) is 4.47. The highest BCUT2D eigenvalue weighted by Crippen LogP contribution is 2.30. The first-order valence-corrected chi connectivity index (χ1v) is 5.42. The van der Waals surface area contributed by atoms with Gasteiger partial charge in [-0.05, 0) is 57.5 Å². The summed E-state index contributed by atoms with van der Waals surface area (Å²) in [6, 6.07) is 0.939. The summed E-state index contributed by atoms with van der Waals surface area (Å²) in [4.78, 5) is 2.71. The highest BCUT2D eigenvalue weighted by Gasteiger charge is 2.27. The lowest BCUT2D eigenvalue weighted by molar-refractivity contribution is 0.181. The Bertz CT molecular complexity index is 135. The molecule has 1 saturated carbocycles. The lowest BCUT2D eigenvalue weighted by atomic mass is 10.1. The second kappa shape index (κ2) is 3.78. The Morgan fingerprint density at radius 1 is 1.17 bits per heavy atom. The molecule has 2 unspecified atom stereocenters. The lowest BCUT2D eigenvalue weighted by Crippen LogP contribution is -2.37. The van der Waals surface area contributed by atoms with Crippen LogP contribution in [0.2, 0.25) is 0 Å². The summed E-state index contributed by atoms with van der Waals surface area (Å²) in [6.07, 6.45) is 9.47. The van der Waals surface area contributed by atoms with Gasteiger partial charge in [-0.2, -0.15) is 0 Å². The van der Waals surface area contributed by atoms with Gasteiger partial charge in [-0.15, -0.1) is 0 Å². The van der Waals surface area contributed by atoms with Crippen LogP contribution in [0.25, 0.3) is 0 Å². The van der Waals surface area contributed by atoms with Crippen molar-refractivity contribution >= 4 is 0 Å². The van der Waals surface area contributed by atoms with Crippen LogP contribution in [0, 0.1) is 12.3 Å². The molecule has 1 heteroatoms. The molecule has 0 amide bonds. The topological polar surface area (TPSA) is 3.24 Å². The highest BCUT2D eigenvalue weighted by molar-refractivity contribution is 4.85. The maximum absolute atomic E-state index is 2.71. The first-order chi connectivity index (χ1) is 5.86. The molecule has 2 rings (SSSR count). The van der Waals surface area contributed by atoms with E-state index in [2.05, 4.69) is 18.2 Å². The largest absolute Gasteiger partial charge is 0.300 e. The predicted octanol–water partition coefficient (Wildman–Crippen LogP) is 2.48. The first-order valence-electron chi connectivity index (χ1n) is 5.42. The van der Waals surface area contributed by atoms with Crippen molar-refractivity contribution < 1.29 is 0 Å². The van der Waals surface area contributed by atoms with Crippen LogP contribution in [0.4, 0.5) is 0 Å². The third-order valence-corrected chi connectivity index (χ3v) is 3.42. The van der Waals surface area contributed by atoms with Crippen LogP contribution in [0.15, 0.2) is 0 Å². The van der Waals surface area contributed by atoms with Crippen molar-refractivity contribution in [3.63, 3.8) is 0 Å². The molecule has 1 aliphatic heterocycles. The van der Waals surface area contributed by atoms with Crippen molar-refractivity contribution in [3.8, 4) is 0 Å². The molecule has 0 N–H and O–H groups in total. The molecule has 0 aromatic heterocycles. The zero-order valence-corrected chi connectivity index (χ0v) is 8.13. The lowest BCUT2D eigenvalue weighted by Gasteiger charge is -2.32. The fourth-order valence-electron chi connectivity index (χ4n) is 2.64. The van der Waals surface area contributed by atoms with E-state index < -0.39 is 0 Å². The van der Waals surface area contributed by atoms with Crippen molar-refractivity contribution in [2.24, 2.45) is 5.92 Å².